The lowest BCUT2D eigenvalue weighted by Crippen LogP contribution is -2.23. The molecule has 0 fully saturated rings. The van der Waals surface area contributed by atoms with Crippen molar-refractivity contribution in [3.63, 3.8) is 0 Å². The number of carbonyl (C=O) groups excluding carboxylic acids is 1. The predicted octanol–water partition coefficient (Wildman–Crippen LogP) is 3.14. The van der Waals surface area contributed by atoms with Crippen molar-refractivity contribution < 1.29 is 14.3 Å². The molecule has 1 amide bonds. The largest absolute Gasteiger partial charge is 0.494 e. The second-order valence-corrected chi connectivity index (χ2v) is 5.76. The van der Waals surface area contributed by atoms with Crippen molar-refractivity contribution in [3.05, 3.63) is 41.7 Å². The van der Waals surface area contributed by atoms with E-state index in [1.165, 1.54) is 7.11 Å². The average molecular weight is 327 g/mol. The minimum Gasteiger partial charge on any atom is -0.494 e. The number of nitrogens with zero attached hydrogens (tertiary/aromatic N) is 2. The van der Waals surface area contributed by atoms with Gasteiger partial charge in [-0.15, -0.1) is 0 Å². The van der Waals surface area contributed by atoms with Gasteiger partial charge in [-0.3, -0.25) is 4.79 Å². The summed E-state index contributed by atoms with van der Waals surface area (Å²) in [6, 6.07) is 6.16. The summed E-state index contributed by atoms with van der Waals surface area (Å²) in [5, 5.41) is 2.93. The van der Waals surface area contributed by atoms with E-state index in [2.05, 4.69) is 22.2 Å². The quantitative estimate of drug-likeness (QED) is 0.825. The molecule has 3 rings (SSSR count). The Labute approximate surface area is 141 Å². The number of methoxy groups -OCH3 is 1. The van der Waals surface area contributed by atoms with Crippen molar-refractivity contribution in [2.24, 2.45) is 0 Å². The van der Waals surface area contributed by atoms with E-state index in [0.717, 1.165) is 35.4 Å². The Bertz CT molecular complexity index is 716. The van der Waals surface area contributed by atoms with Crippen LogP contribution in [0.5, 0.6) is 11.8 Å². The van der Waals surface area contributed by atoms with E-state index in [1.807, 2.05) is 18.2 Å². The van der Waals surface area contributed by atoms with Crippen LogP contribution in [-0.2, 0) is 4.79 Å². The number of carbonyl (C=O) groups is 1. The number of nitrogens with one attached hydrogen (secondary N) is 1. The number of rotatable bonds is 6. The van der Waals surface area contributed by atoms with Crippen molar-refractivity contribution >= 4 is 11.6 Å². The summed E-state index contributed by atoms with van der Waals surface area (Å²) in [4.78, 5) is 20.4. The first-order valence-electron chi connectivity index (χ1n) is 8.13. The summed E-state index contributed by atoms with van der Waals surface area (Å²) in [6.07, 6.45) is 5.89. The average Bonchev–Trinajstić information content (AvgIpc) is 2.61. The normalized spacial score (nSPS) is 16.2. The third-order valence-corrected chi connectivity index (χ3v) is 4.06. The number of anilines is 1. The fourth-order valence-corrected chi connectivity index (χ4v) is 2.78. The molecular weight excluding hydrogens is 306 g/mol. The molecule has 0 saturated heterocycles. The Hall–Kier alpha value is -2.63. The zero-order valence-corrected chi connectivity index (χ0v) is 13.9. The van der Waals surface area contributed by atoms with Gasteiger partial charge in [-0.1, -0.05) is 19.4 Å². The Kier molecular flexibility index (Phi) is 4.93. The van der Waals surface area contributed by atoms with Gasteiger partial charge in [-0.2, -0.15) is 0 Å². The van der Waals surface area contributed by atoms with Crippen LogP contribution < -0.4 is 14.8 Å². The number of ether oxygens (including phenoxy) is 2. The van der Waals surface area contributed by atoms with E-state index in [0.29, 0.717) is 19.0 Å². The van der Waals surface area contributed by atoms with Crippen LogP contribution in [0.1, 0.15) is 43.2 Å². The van der Waals surface area contributed by atoms with Crippen molar-refractivity contribution in [2.75, 3.05) is 19.0 Å². The van der Waals surface area contributed by atoms with E-state index in [4.69, 9.17) is 9.47 Å². The first-order chi connectivity index (χ1) is 11.7. The molecule has 24 heavy (non-hydrogen) atoms. The van der Waals surface area contributed by atoms with Crippen LogP contribution in [0.2, 0.25) is 0 Å². The summed E-state index contributed by atoms with van der Waals surface area (Å²) in [5.74, 6) is 0.688. The molecule has 0 spiro atoms. The van der Waals surface area contributed by atoms with Crippen LogP contribution in [-0.4, -0.2) is 29.6 Å². The van der Waals surface area contributed by atoms with Crippen molar-refractivity contribution in [1.29, 1.82) is 0 Å². The van der Waals surface area contributed by atoms with Gasteiger partial charge in [-0.25, -0.2) is 9.97 Å². The summed E-state index contributed by atoms with van der Waals surface area (Å²) < 4.78 is 10.7. The molecular formula is C18H21N3O3. The molecule has 0 aliphatic carbocycles. The van der Waals surface area contributed by atoms with Gasteiger partial charge in [0.2, 0.25) is 5.91 Å². The van der Waals surface area contributed by atoms with E-state index in [-0.39, 0.29) is 11.8 Å². The highest BCUT2D eigenvalue weighted by molar-refractivity contribution is 5.95. The molecule has 126 valence electrons. The second kappa shape index (κ2) is 7.29. The van der Waals surface area contributed by atoms with E-state index in [9.17, 15) is 4.79 Å². The topological polar surface area (TPSA) is 73.3 Å². The van der Waals surface area contributed by atoms with Crippen molar-refractivity contribution in [3.8, 4) is 11.8 Å². The third kappa shape index (κ3) is 3.48. The van der Waals surface area contributed by atoms with Gasteiger partial charge >= 0.3 is 6.01 Å². The van der Waals surface area contributed by atoms with Crippen molar-refractivity contribution in [2.45, 2.75) is 32.1 Å². The zero-order chi connectivity index (χ0) is 16.9. The Morgan fingerprint density at radius 2 is 2.08 bits per heavy atom. The van der Waals surface area contributed by atoms with Gasteiger partial charge in [0.15, 0.2) is 0 Å². The highest BCUT2D eigenvalue weighted by Gasteiger charge is 2.27. The summed E-state index contributed by atoms with van der Waals surface area (Å²) >= 11 is 0. The maximum atomic E-state index is 12.1. The Morgan fingerprint density at radius 1 is 1.29 bits per heavy atom. The molecule has 0 saturated carbocycles. The number of aromatic nitrogens is 2. The highest BCUT2D eigenvalue weighted by Crippen LogP contribution is 2.38. The molecule has 2 heterocycles. The summed E-state index contributed by atoms with van der Waals surface area (Å²) in [7, 11) is 1.53. The SMILES string of the molecule is CCCCOc1ccc2c(c1)NC(=O)CC2c1cnc(OC)nc1. The Balaban J connectivity index is 1.87. The number of fused-ring (bicyclic) bond motifs is 1. The zero-order valence-electron chi connectivity index (χ0n) is 13.9. The third-order valence-electron chi connectivity index (χ3n) is 4.06. The van der Waals surface area contributed by atoms with Crippen molar-refractivity contribution in [1.82, 2.24) is 9.97 Å². The molecule has 0 bridgehead atoms. The van der Waals surface area contributed by atoms with Crippen LogP contribution in [0.25, 0.3) is 0 Å². The number of unbranched alkanes of at least 4 members (excludes halogenated alkanes) is 1. The van der Waals surface area contributed by atoms with E-state index >= 15 is 0 Å². The molecule has 1 atom stereocenters. The number of benzene rings is 1. The summed E-state index contributed by atoms with van der Waals surface area (Å²) in [5.41, 5.74) is 2.74. The van der Waals surface area contributed by atoms with Crippen LogP contribution >= 0.6 is 0 Å². The molecule has 1 unspecified atom stereocenters. The maximum Gasteiger partial charge on any atom is 0.316 e. The molecule has 6 nitrogen and oxygen atoms in total. The van der Waals surface area contributed by atoms with Crippen LogP contribution in [0.4, 0.5) is 5.69 Å². The lowest BCUT2D eigenvalue weighted by atomic mass is 9.86. The molecule has 1 N–H and O–H groups in total. The van der Waals surface area contributed by atoms with Gasteiger partial charge in [0, 0.05) is 36.5 Å². The smallest absolute Gasteiger partial charge is 0.316 e. The predicted molar refractivity (Wildman–Crippen MR) is 90.5 cm³/mol. The maximum absolute atomic E-state index is 12.1. The van der Waals surface area contributed by atoms with Gasteiger partial charge in [-0.05, 0) is 23.6 Å². The molecule has 1 aliphatic heterocycles. The fourth-order valence-electron chi connectivity index (χ4n) is 2.78. The number of hydrogen-bond donors (Lipinski definition) is 1. The molecule has 1 aromatic heterocycles. The monoisotopic (exact) mass is 327 g/mol. The lowest BCUT2D eigenvalue weighted by molar-refractivity contribution is -0.116. The van der Waals surface area contributed by atoms with Gasteiger partial charge < -0.3 is 14.8 Å². The Morgan fingerprint density at radius 3 is 2.79 bits per heavy atom. The van der Waals surface area contributed by atoms with E-state index in [1.54, 1.807) is 12.4 Å². The molecule has 1 aliphatic rings. The molecule has 0 radical (unpaired) electrons. The van der Waals surface area contributed by atoms with Crippen LogP contribution in [0.3, 0.4) is 0 Å². The second-order valence-electron chi connectivity index (χ2n) is 5.76. The summed E-state index contributed by atoms with van der Waals surface area (Å²) in [6.45, 7) is 2.80. The molecule has 1 aromatic carbocycles. The van der Waals surface area contributed by atoms with Gasteiger partial charge in [0.25, 0.3) is 0 Å². The van der Waals surface area contributed by atoms with Gasteiger partial charge in [0.1, 0.15) is 5.75 Å². The lowest BCUT2D eigenvalue weighted by Gasteiger charge is -2.26. The van der Waals surface area contributed by atoms with Gasteiger partial charge in [0.05, 0.1) is 13.7 Å². The minimum atomic E-state index is -0.0654. The fraction of sp³-hybridized carbons (Fsp3) is 0.389. The minimum absolute atomic E-state index is 0.0194. The molecule has 6 heteroatoms. The standard InChI is InChI=1S/C18H21N3O3/c1-3-4-7-24-13-5-6-14-15(9-17(22)21-16(14)8-13)12-10-19-18(23-2)20-11-12/h5-6,8,10-11,15H,3-4,7,9H2,1-2H3,(H,21,22). The number of amides is 1. The first-order valence-corrected chi connectivity index (χ1v) is 8.13. The molecule has 2 aromatic rings. The van der Waals surface area contributed by atoms with E-state index < -0.39 is 0 Å². The highest BCUT2D eigenvalue weighted by atomic mass is 16.5. The first kappa shape index (κ1) is 16.2. The van der Waals surface area contributed by atoms with Crippen LogP contribution in [0, 0.1) is 0 Å². The number of hydrogen-bond acceptors (Lipinski definition) is 5. The van der Waals surface area contributed by atoms with Crippen LogP contribution in [0.15, 0.2) is 30.6 Å².